The first kappa shape index (κ1) is 24.1. The lowest BCUT2D eigenvalue weighted by Gasteiger charge is -2.30. The monoisotopic (exact) mass is 502 g/mol. The minimum absolute atomic E-state index is 0.0234. The second-order valence-corrected chi connectivity index (χ2v) is 9.56. The Morgan fingerprint density at radius 2 is 1.68 bits per heavy atom. The van der Waals surface area contributed by atoms with Crippen molar-refractivity contribution in [1.82, 2.24) is 19.5 Å². The maximum absolute atomic E-state index is 14.8. The van der Waals surface area contributed by atoms with E-state index in [2.05, 4.69) is 19.7 Å². The molecule has 0 radical (unpaired) electrons. The highest BCUT2D eigenvalue weighted by molar-refractivity contribution is 7.89. The van der Waals surface area contributed by atoms with Crippen LogP contribution in [-0.4, -0.2) is 35.6 Å². The summed E-state index contributed by atoms with van der Waals surface area (Å²) in [6.07, 6.45) is 0.683. The molecule has 7 nitrogen and oxygen atoms in total. The van der Waals surface area contributed by atoms with E-state index in [0.29, 0.717) is 25.0 Å². The molecule has 13 heteroatoms. The van der Waals surface area contributed by atoms with Gasteiger partial charge in [-0.1, -0.05) is 12.1 Å². The van der Waals surface area contributed by atoms with Gasteiger partial charge in [0, 0.05) is 17.6 Å². The smallest absolute Gasteiger partial charge is 0.406 e. The van der Waals surface area contributed by atoms with Crippen LogP contribution in [0.1, 0.15) is 31.7 Å². The predicted octanol–water partition coefficient (Wildman–Crippen LogP) is 4.58. The van der Waals surface area contributed by atoms with Crippen molar-refractivity contribution < 1.29 is 35.1 Å². The predicted molar refractivity (Wildman–Crippen MR) is 110 cm³/mol. The lowest BCUT2D eigenvalue weighted by atomic mass is 9.91. The van der Waals surface area contributed by atoms with Crippen molar-refractivity contribution in [2.45, 2.75) is 49.0 Å². The largest absolute Gasteiger partial charge is 0.573 e. The van der Waals surface area contributed by atoms with Crippen molar-refractivity contribution in [2.24, 2.45) is 0 Å². The number of hydrogen-bond acceptors (Lipinski definition) is 5. The number of hydrogen-bond donors (Lipinski definition) is 1. The average Bonchev–Trinajstić information content (AvgIpc) is 3.29. The third-order valence-electron chi connectivity index (χ3n) is 5.54. The first-order valence-corrected chi connectivity index (χ1v) is 11.7. The van der Waals surface area contributed by atoms with Crippen molar-refractivity contribution >= 4 is 10.0 Å². The lowest BCUT2D eigenvalue weighted by molar-refractivity contribution is -0.274. The molecule has 2 aromatic carbocycles. The maximum Gasteiger partial charge on any atom is 0.573 e. The second kappa shape index (κ2) is 9.29. The molecule has 4 rings (SSSR count). The molecule has 0 bridgehead atoms. The second-order valence-electron chi connectivity index (χ2n) is 7.88. The first-order chi connectivity index (χ1) is 16.0. The van der Waals surface area contributed by atoms with E-state index in [-0.39, 0.29) is 17.2 Å². The van der Waals surface area contributed by atoms with Gasteiger partial charge in [-0.25, -0.2) is 21.9 Å². The van der Waals surface area contributed by atoms with Crippen LogP contribution in [0.4, 0.5) is 22.0 Å². The zero-order valence-electron chi connectivity index (χ0n) is 17.5. The topological polar surface area (TPSA) is 86.1 Å². The zero-order chi connectivity index (χ0) is 24.5. The summed E-state index contributed by atoms with van der Waals surface area (Å²) in [5.41, 5.74) is -0.257. The molecule has 1 saturated carbocycles. The number of aromatic nitrogens is 3. The van der Waals surface area contributed by atoms with Crippen LogP contribution in [0.3, 0.4) is 0 Å². The van der Waals surface area contributed by atoms with Crippen LogP contribution in [0.5, 0.6) is 5.75 Å². The number of nitrogens with zero attached hydrogens (tertiary/aromatic N) is 3. The number of nitrogens with one attached hydrogen (secondary N) is 1. The highest BCUT2D eigenvalue weighted by Crippen LogP contribution is 2.32. The molecule has 0 saturated heterocycles. The Morgan fingerprint density at radius 1 is 1.00 bits per heavy atom. The van der Waals surface area contributed by atoms with Crippen molar-refractivity contribution in [3.8, 4) is 16.9 Å². The summed E-state index contributed by atoms with van der Waals surface area (Å²) in [6, 6.07) is 4.86. The molecule has 1 N–H and O–H groups in total. The van der Waals surface area contributed by atoms with E-state index < -0.39 is 44.7 Å². The van der Waals surface area contributed by atoms with Gasteiger partial charge in [-0.05, 0) is 55.5 Å². The number of halogens is 5. The Hall–Kier alpha value is -3.06. The summed E-state index contributed by atoms with van der Waals surface area (Å²) in [6.45, 7) is 0. The van der Waals surface area contributed by atoms with E-state index >= 15 is 0 Å². The average molecular weight is 502 g/mol. The van der Waals surface area contributed by atoms with Crippen LogP contribution in [0.2, 0.25) is 0 Å². The first-order valence-electron chi connectivity index (χ1n) is 10.2. The molecule has 0 amide bonds. The molecule has 1 aliphatic carbocycles. The number of sulfonamides is 1. The minimum atomic E-state index is -4.89. The molecule has 1 aromatic heterocycles. The van der Waals surface area contributed by atoms with Gasteiger partial charge in [0.1, 0.15) is 34.9 Å². The van der Waals surface area contributed by atoms with Gasteiger partial charge < -0.3 is 9.30 Å². The van der Waals surface area contributed by atoms with Gasteiger partial charge in [-0.3, -0.25) is 0 Å². The SMILES string of the molecule is O=S(=O)(N[C@H]1CCC[C@@H](n2cnnc2)C1)c1cc(F)c(-c2ccc(OC(F)(F)F)cc2)cc1F. The van der Waals surface area contributed by atoms with E-state index in [1.165, 1.54) is 12.7 Å². The summed E-state index contributed by atoms with van der Waals surface area (Å²) in [4.78, 5) is -0.850. The van der Waals surface area contributed by atoms with Gasteiger partial charge in [-0.2, -0.15) is 0 Å². The fourth-order valence-corrected chi connectivity index (χ4v) is 5.37. The Kier molecular flexibility index (Phi) is 6.58. The Morgan fingerprint density at radius 3 is 2.32 bits per heavy atom. The Balaban J connectivity index is 1.53. The van der Waals surface area contributed by atoms with Crippen LogP contribution < -0.4 is 9.46 Å². The van der Waals surface area contributed by atoms with Gasteiger partial charge in [0.25, 0.3) is 0 Å². The summed E-state index contributed by atoms with van der Waals surface area (Å²) in [7, 11) is -4.38. The number of rotatable bonds is 6. The van der Waals surface area contributed by atoms with Crippen LogP contribution in [0, 0.1) is 11.6 Å². The van der Waals surface area contributed by atoms with Crippen LogP contribution in [0.15, 0.2) is 53.9 Å². The third kappa shape index (κ3) is 5.53. The van der Waals surface area contributed by atoms with Crippen molar-refractivity contribution in [3.05, 3.63) is 60.7 Å². The van der Waals surface area contributed by atoms with Crippen LogP contribution in [0.25, 0.3) is 11.1 Å². The summed E-state index contributed by atoms with van der Waals surface area (Å²) in [5.74, 6) is -2.76. The third-order valence-corrected chi connectivity index (χ3v) is 7.07. The summed E-state index contributed by atoms with van der Waals surface area (Å²) >= 11 is 0. The molecular weight excluding hydrogens is 483 g/mol. The van der Waals surface area contributed by atoms with E-state index in [0.717, 1.165) is 37.1 Å². The Labute approximate surface area is 191 Å². The van der Waals surface area contributed by atoms with Gasteiger partial charge in [-0.15, -0.1) is 23.4 Å². The molecule has 3 aromatic rings. The van der Waals surface area contributed by atoms with Crippen molar-refractivity contribution in [1.29, 1.82) is 0 Å². The molecule has 0 spiro atoms. The fraction of sp³-hybridized carbons (Fsp3) is 0.333. The zero-order valence-corrected chi connectivity index (χ0v) is 18.3. The van der Waals surface area contributed by atoms with Crippen molar-refractivity contribution in [2.75, 3.05) is 0 Å². The number of alkyl halides is 3. The van der Waals surface area contributed by atoms with Crippen LogP contribution in [-0.2, 0) is 10.0 Å². The summed E-state index contributed by atoms with van der Waals surface area (Å²) < 4.78 is 100. The molecule has 2 atom stereocenters. The van der Waals surface area contributed by atoms with Crippen molar-refractivity contribution in [3.63, 3.8) is 0 Å². The fourth-order valence-electron chi connectivity index (χ4n) is 4.01. The molecular formula is C21H19F5N4O3S. The van der Waals surface area contributed by atoms with E-state index in [1.54, 1.807) is 4.57 Å². The number of ether oxygens (including phenoxy) is 1. The summed E-state index contributed by atoms with van der Waals surface area (Å²) in [5, 5.41) is 7.49. The molecule has 0 unspecified atom stereocenters. The molecule has 0 aliphatic heterocycles. The quantitative estimate of drug-likeness (QED) is 0.499. The molecule has 34 heavy (non-hydrogen) atoms. The highest BCUT2D eigenvalue weighted by Gasteiger charge is 2.31. The standard InChI is InChI=1S/C21H19F5N4O3S/c22-18-10-20(19(23)9-17(18)13-4-6-16(7-5-13)33-21(24,25)26)34(31,32)29-14-2-1-3-15(8-14)30-11-27-28-12-30/h4-7,9-12,14-15,29H,1-3,8H2/t14-,15+/m0/s1. The normalized spacial score (nSPS) is 19.2. The van der Waals surface area contributed by atoms with E-state index in [4.69, 9.17) is 0 Å². The lowest BCUT2D eigenvalue weighted by Crippen LogP contribution is -2.39. The molecule has 1 fully saturated rings. The van der Waals surface area contributed by atoms with Gasteiger partial charge in [0.15, 0.2) is 0 Å². The molecule has 182 valence electrons. The van der Waals surface area contributed by atoms with Crippen LogP contribution >= 0.6 is 0 Å². The molecule has 1 aliphatic rings. The maximum atomic E-state index is 14.8. The van der Waals surface area contributed by atoms with E-state index in [9.17, 15) is 30.4 Å². The number of benzene rings is 2. The molecule has 1 heterocycles. The highest BCUT2D eigenvalue weighted by atomic mass is 32.2. The van der Waals surface area contributed by atoms with E-state index in [1.807, 2.05) is 0 Å². The Bertz CT molecular complexity index is 1250. The minimum Gasteiger partial charge on any atom is -0.406 e. The van der Waals surface area contributed by atoms with Gasteiger partial charge in [0.05, 0.1) is 0 Å². The van der Waals surface area contributed by atoms with Gasteiger partial charge in [0.2, 0.25) is 10.0 Å². The van der Waals surface area contributed by atoms with Gasteiger partial charge >= 0.3 is 6.36 Å².